The van der Waals surface area contributed by atoms with E-state index in [1.807, 2.05) is 0 Å². The molecule has 0 unspecified atom stereocenters. The summed E-state index contributed by atoms with van der Waals surface area (Å²) in [5.74, 6) is -2.82. The lowest BCUT2D eigenvalue weighted by atomic mass is 9.99. The smallest absolute Gasteiger partial charge is 0.389 e. The molecule has 2 atom stereocenters. The molecule has 1 aliphatic heterocycles. The fourth-order valence-electron chi connectivity index (χ4n) is 2.06. The molecule has 0 bridgehead atoms. The van der Waals surface area contributed by atoms with Crippen molar-refractivity contribution in [3.05, 3.63) is 0 Å². The molecule has 19 heavy (non-hydrogen) atoms. The van der Waals surface area contributed by atoms with Crippen molar-refractivity contribution < 1.29 is 31.5 Å². The van der Waals surface area contributed by atoms with E-state index in [-0.39, 0.29) is 19.0 Å². The molecular formula is C10H16F3NO4S. The number of aliphatic carboxylic acids is 1. The number of carboxylic acid groups (broad SMARTS) is 1. The zero-order valence-corrected chi connectivity index (χ0v) is 11.2. The number of hydrogen-bond donors (Lipinski definition) is 1. The molecule has 0 aromatic carbocycles. The Bertz CT molecular complexity index is 435. The van der Waals surface area contributed by atoms with Crippen molar-refractivity contribution in [1.29, 1.82) is 0 Å². The lowest BCUT2D eigenvalue weighted by Gasteiger charge is -2.16. The predicted molar refractivity (Wildman–Crippen MR) is 60.9 cm³/mol. The number of hydrogen-bond acceptors (Lipinski definition) is 3. The third-order valence-corrected chi connectivity index (χ3v) is 5.04. The average Bonchev–Trinajstić information content (AvgIpc) is 2.58. The summed E-state index contributed by atoms with van der Waals surface area (Å²) in [5.41, 5.74) is 0. The van der Waals surface area contributed by atoms with Crippen LogP contribution in [0.3, 0.4) is 0 Å². The lowest BCUT2D eigenvalue weighted by molar-refractivity contribution is -0.142. The quantitative estimate of drug-likeness (QED) is 0.831. The molecule has 1 rings (SSSR count). The van der Waals surface area contributed by atoms with Gasteiger partial charge in [-0.2, -0.15) is 13.2 Å². The summed E-state index contributed by atoms with van der Waals surface area (Å²) in [6.07, 6.45) is -6.04. The number of halogens is 3. The van der Waals surface area contributed by atoms with E-state index in [0.29, 0.717) is 0 Å². The largest absolute Gasteiger partial charge is 0.481 e. The van der Waals surface area contributed by atoms with Crippen LogP contribution < -0.4 is 0 Å². The second-order valence-corrected chi connectivity index (χ2v) is 6.86. The van der Waals surface area contributed by atoms with Crippen LogP contribution in [0, 0.1) is 11.8 Å². The molecular weight excluding hydrogens is 287 g/mol. The van der Waals surface area contributed by atoms with Gasteiger partial charge in [0.2, 0.25) is 10.0 Å². The van der Waals surface area contributed by atoms with Crippen LogP contribution in [0.15, 0.2) is 0 Å². The van der Waals surface area contributed by atoms with E-state index in [0.717, 1.165) is 4.31 Å². The summed E-state index contributed by atoms with van der Waals surface area (Å²) in [5, 5.41) is 8.88. The zero-order valence-electron chi connectivity index (χ0n) is 10.4. The minimum Gasteiger partial charge on any atom is -0.481 e. The molecule has 1 saturated heterocycles. The van der Waals surface area contributed by atoms with Crippen molar-refractivity contribution >= 4 is 16.0 Å². The Balaban J connectivity index is 2.58. The summed E-state index contributed by atoms with van der Waals surface area (Å²) < 4.78 is 60.4. The molecule has 0 aliphatic carbocycles. The summed E-state index contributed by atoms with van der Waals surface area (Å²) in [4.78, 5) is 10.9. The summed E-state index contributed by atoms with van der Waals surface area (Å²) >= 11 is 0. The van der Waals surface area contributed by atoms with Gasteiger partial charge in [-0.05, 0) is 12.3 Å². The topological polar surface area (TPSA) is 74.7 Å². The van der Waals surface area contributed by atoms with Gasteiger partial charge in [-0.1, -0.05) is 6.92 Å². The van der Waals surface area contributed by atoms with E-state index < -0.39 is 46.7 Å². The molecule has 1 N–H and O–H groups in total. The van der Waals surface area contributed by atoms with Gasteiger partial charge in [0.1, 0.15) is 0 Å². The molecule has 112 valence electrons. The molecule has 0 radical (unpaired) electrons. The highest BCUT2D eigenvalue weighted by atomic mass is 32.2. The fourth-order valence-corrected chi connectivity index (χ4v) is 3.67. The van der Waals surface area contributed by atoms with Gasteiger partial charge in [0.05, 0.1) is 11.7 Å². The average molecular weight is 303 g/mol. The number of nitrogens with zero attached hydrogens (tertiary/aromatic N) is 1. The van der Waals surface area contributed by atoms with E-state index in [1.165, 1.54) is 0 Å². The maximum absolute atomic E-state index is 12.0. The highest BCUT2D eigenvalue weighted by Gasteiger charge is 2.40. The van der Waals surface area contributed by atoms with Crippen molar-refractivity contribution in [2.45, 2.75) is 25.9 Å². The molecule has 1 aliphatic rings. The maximum atomic E-state index is 12.0. The van der Waals surface area contributed by atoms with E-state index in [2.05, 4.69) is 0 Å². The van der Waals surface area contributed by atoms with Crippen LogP contribution in [0.5, 0.6) is 0 Å². The Morgan fingerprint density at radius 2 is 1.95 bits per heavy atom. The minimum atomic E-state index is -4.38. The highest BCUT2D eigenvalue weighted by molar-refractivity contribution is 7.89. The normalized spacial score (nSPS) is 25.7. The Kier molecular flexibility index (Phi) is 4.83. The zero-order chi connectivity index (χ0) is 14.8. The van der Waals surface area contributed by atoms with Crippen molar-refractivity contribution in [2.75, 3.05) is 18.8 Å². The number of sulfonamides is 1. The van der Waals surface area contributed by atoms with E-state index in [1.54, 1.807) is 6.92 Å². The van der Waals surface area contributed by atoms with Gasteiger partial charge in [-0.25, -0.2) is 12.7 Å². The first-order valence-corrected chi connectivity index (χ1v) is 7.41. The number of carboxylic acids is 1. The Morgan fingerprint density at radius 3 is 2.37 bits per heavy atom. The first kappa shape index (κ1) is 16.2. The number of carbonyl (C=O) groups is 1. The molecule has 0 aromatic rings. The molecule has 0 amide bonds. The van der Waals surface area contributed by atoms with Crippen LogP contribution in [0.2, 0.25) is 0 Å². The third-order valence-electron chi connectivity index (χ3n) is 3.15. The standard InChI is InChI=1S/C10H16F3NO4S/c1-7-5-14(6-8(7)9(15)16)19(17,18)4-2-3-10(11,12)13/h7-8H,2-6H2,1H3,(H,15,16)/t7-,8-/m1/s1. The molecule has 0 aromatic heterocycles. The molecule has 9 heteroatoms. The van der Waals surface area contributed by atoms with Crippen molar-refractivity contribution in [2.24, 2.45) is 11.8 Å². The van der Waals surface area contributed by atoms with Gasteiger partial charge in [0, 0.05) is 19.5 Å². The molecule has 1 heterocycles. The van der Waals surface area contributed by atoms with Crippen LogP contribution >= 0.6 is 0 Å². The minimum absolute atomic E-state index is 0.0469. The molecule has 0 spiro atoms. The Morgan fingerprint density at radius 1 is 1.37 bits per heavy atom. The summed E-state index contributed by atoms with van der Waals surface area (Å²) in [7, 11) is -3.81. The fraction of sp³-hybridized carbons (Fsp3) is 0.900. The van der Waals surface area contributed by atoms with Crippen molar-refractivity contribution in [1.82, 2.24) is 4.31 Å². The number of alkyl halides is 3. The van der Waals surface area contributed by atoms with Crippen LogP contribution in [0.1, 0.15) is 19.8 Å². The van der Waals surface area contributed by atoms with Gasteiger partial charge < -0.3 is 5.11 Å². The number of rotatable bonds is 5. The Hall–Kier alpha value is -0.830. The first-order chi connectivity index (χ1) is 8.53. The molecule has 1 fully saturated rings. The third kappa shape index (κ3) is 4.64. The summed E-state index contributed by atoms with van der Waals surface area (Å²) in [6, 6.07) is 0. The van der Waals surface area contributed by atoms with Crippen LogP contribution in [-0.2, 0) is 14.8 Å². The highest BCUT2D eigenvalue weighted by Crippen LogP contribution is 2.27. The monoisotopic (exact) mass is 303 g/mol. The van der Waals surface area contributed by atoms with Crippen LogP contribution in [0.25, 0.3) is 0 Å². The van der Waals surface area contributed by atoms with E-state index in [4.69, 9.17) is 5.11 Å². The van der Waals surface area contributed by atoms with Gasteiger partial charge in [0.15, 0.2) is 0 Å². The van der Waals surface area contributed by atoms with E-state index >= 15 is 0 Å². The molecule has 5 nitrogen and oxygen atoms in total. The first-order valence-electron chi connectivity index (χ1n) is 5.80. The van der Waals surface area contributed by atoms with Gasteiger partial charge in [-0.3, -0.25) is 4.79 Å². The van der Waals surface area contributed by atoms with Gasteiger partial charge >= 0.3 is 12.1 Å². The second-order valence-electron chi connectivity index (χ2n) is 4.77. The molecule has 0 saturated carbocycles. The van der Waals surface area contributed by atoms with Crippen molar-refractivity contribution in [3.8, 4) is 0 Å². The van der Waals surface area contributed by atoms with Crippen LogP contribution in [-0.4, -0.2) is 48.8 Å². The summed E-state index contributed by atoms with van der Waals surface area (Å²) in [6.45, 7) is 1.50. The lowest BCUT2D eigenvalue weighted by Crippen LogP contribution is -2.32. The van der Waals surface area contributed by atoms with Crippen LogP contribution in [0.4, 0.5) is 13.2 Å². The van der Waals surface area contributed by atoms with Gasteiger partial charge in [0.25, 0.3) is 0 Å². The second kappa shape index (κ2) is 5.66. The predicted octanol–water partition coefficient (Wildman–Crippen LogP) is 1.31. The SMILES string of the molecule is C[C@@H]1CN(S(=O)(=O)CCCC(F)(F)F)C[C@H]1C(=O)O. The van der Waals surface area contributed by atoms with E-state index in [9.17, 15) is 26.4 Å². The van der Waals surface area contributed by atoms with Crippen molar-refractivity contribution in [3.63, 3.8) is 0 Å². The maximum Gasteiger partial charge on any atom is 0.389 e. The Labute approximate surface area is 109 Å². The van der Waals surface area contributed by atoms with Gasteiger partial charge in [-0.15, -0.1) is 0 Å².